The first-order valence-corrected chi connectivity index (χ1v) is 7.86. The highest BCUT2D eigenvalue weighted by molar-refractivity contribution is 6.32. The molecular formula is C15H20Cl2N2O3. The molecule has 122 valence electrons. The number of amides is 1. The molecule has 0 N–H and O–H groups in total. The van der Waals surface area contributed by atoms with E-state index in [4.69, 9.17) is 32.7 Å². The number of rotatable bonds is 1. The van der Waals surface area contributed by atoms with Crippen molar-refractivity contribution < 1.29 is 14.3 Å². The molecule has 1 saturated heterocycles. The third-order valence-electron chi connectivity index (χ3n) is 3.07. The van der Waals surface area contributed by atoms with Crippen molar-refractivity contribution in [2.24, 2.45) is 0 Å². The Hall–Kier alpha value is -1.04. The Morgan fingerprint density at radius 3 is 2.45 bits per heavy atom. The second-order valence-electron chi connectivity index (χ2n) is 6.37. The molecule has 2 rings (SSSR count). The predicted octanol–water partition coefficient (Wildman–Crippen LogP) is 4.09. The lowest BCUT2D eigenvalue weighted by molar-refractivity contribution is -0.0816. The molecule has 22 heavy (non-hydrogen) atoms. The van der Waals surface area contributed by atoms with Gasteiger partial charge in [-0.15, -0.1) is 0 Å². The van der Waals surface area contributed by atoms with E-state index < -0.39 is 5.60 Å². The maximum atomic E-state index is 12.3. The minimum atomic E-state index is -0.530. The highest BCUT2D eigenvalue weighted by atomic mass is 35.5. The number of nitrogens with zero attached hydrogens (tertiary/aromatic N) is 2. The molecule has 2 heterocycles. The summed E-state index contributed by atoms with van der Waals surface area (Å²) in [6.45, 7) is 8.31. The highest BCUT2D eigenvalue weighted by Gasteiger charge is 2.32. The fourth-order valence-electron chi connectivity index (χ4n) is 2.28. The molecule has 0 aliphatic carbocycles. The molecule has 0 unspecified atom stereocenters. The number of pyridine rings is 1. The van der Waals surface area contributed by atoms with Gasteiger partial charge in [-0.3, -0.25) is 0 Å². The molecule has 1 aromatic heterocycles. The van der Waals surface area contributed by atoms with E-state index in [1.54, 1.807) is 17.0 Å². The van der Waals surface area contributed by atoms with Crippen LogP contribution in [-0.4, -0.2) is 40.8 Å². The quantitative estimate of drug-likeness (QED) is 0.718. The first-order chi connectivity index (χ1) is 10.1. The first-order valence-electron chi connectivity index (χ1n) is 7.10. The van der Waals surface area contributed by atoms with Crippen molar-refractivity contribution in [3.63, 3.8) is 0 Å². The zero-order chi connectivity index (χ0) is 16.5. The van der Waals surface area contributed by atoms with E-state index in [0.717, 1.165) is 5.56 Å². The molecular weight excluding hydrogens is 327 g/mol. The summed E-state index contributed by atoms with van der Waals surface area (Å²) in [6.07, 6.45) is -0.773. The van der Waals surface area contributed by atoms with Crippen molar-refractivity contribution in [2.75, 3.05) is 13.1 Å². The van der Waals surface area contributed by atoms with Crippen LogP contribution in [-0.2, 0) is 9.47 Å². The molecule has 1 aliphatic rings. The molecule has 1 fully saturated rings. The number of hydrogen-bond donors (Lipinski definition) is 0. The molecule has 0 radical (unpaired) electrons. The van der Waals surface area contributed by atoms with Gasteiger partial charge in [0.2, 0.25) is 0 Å². The summed E-state index contributed by atoms with van der Waals surface area (Å²) in [5, 5.41) is 0.598. The van der Waals surface area contributed by atoms with Crippen LogP contribution in [0.3, 0.4) is 0 Å². The molecule has 1 amide bonds. The number of ether oxygens (including phenoxy) is 2. The molecule has 0 aromatic carbocycles. The number of morpholine rings is 1. The van der Waals surface area contributed by atoms with E-state index >= 15 is 0 Å². The van der Waals surface area contributed by atoms with Crippen LogP contribution in [0.15, 0.2) is 12.1 Å². The Balaban J connectivity index is 2.15. The smallest absolute Gasteiger partial charge is 0.410 e. The summed E-state index contributed by atoms with van der Waals surface area (Å²) in [4.78, 5) is 17.8. The van der Waals surface area contributed by atoms with Gasteiger partial charge in [0.1, 0.15) is 22.0 Å². The van der Waals surface area contributed by atoms with Gasteiger partial charge in [0.15, 0.2) is 0 Å². The number of carbonyl (C=O) groups is 1. The molecule has 2 atom stereocenters. The Kier molecular flexibility index (Phi) is 5.20. The van der Waals surface area contributed by atoms with Crippen molar-refractivity contribution in [1.82, 2.24) is 9.88 Å². The van der Waals surface area contributed by atoms with Gasteiger partial charge in [-0.25, -0.2) is 9.78 Å². The Labute approximate surface area is 140 Å². The van der Waals surface area contributed by atoms with Gasteiger partial charge in [0, 0.05) is 0 Å². The molecule has 7 heteroatoms. The average Bonchev–Trinajstić information content (AvgIpc) is 2.34. The van der Waals surface area contributed by atoms with Crippen LogP contribution < -0.4 is 0 Å². The fourth-order valence-corrected chi connectivity index (χ4v) is 2.76. The normalized spacial score (nSPS) is 22.5. The van der Waals surface area contributed by atoms with E-state index in [2.05, 4.69) is 4.98 Å². The van der Waals surface area contributed by atoms with E-state index in [0.29, 0.717) is 23.4 Å². The predicted molar refractivity (Wildman–Crippen MR) is 85.4 cm³/mol. The Bertz CT molecular complexity index is 540. The Morgan fingerprint density at radius 1 is 1.32 bits per heavy atom. The number of hydrogen-bond acceptors (Lipinski definition) is 4. The number of halogens is 2. The van der Waals surface area contributed by atoms with Gasteiger partial charge in [0.25, 0.3) is 0 Å². The van der Waals surface area contributed by atoms with E-state index in [1.165, 1.54) is 0 Å². The van der Waals surface area contributed by atoms with Crippen molar-refractivity contribution in [1.29, 1.82) is 0 Å². The van der Waals surface area contributed by atoms with E-state index in [1.807, 2.05) is 27.7 Å². The lowest BCUT2D eigenvalue weighted by Gasteiger charge is -2.37. The van der Waals surface area contributed by atoms with E-state index in [9.17, 15) is 4.79 Å². The molecule has 0 bridgehead atoms. The third kappa shape index (κ3) is 4.73. The molecule has 0 spiro atoms. The summed E-state index contributed by atoms with van der Waals surface area (Å²) in [6, 6.07) is 3.40. The maximum absolute atomic E-state index is 12.3. The van der Waals surface area contributed by atoms with Crippen LogP contribution in [0.2, 0.25) is 10.3 Å². The second-order valence-corrected chi connectivity index (χ2v) is 7.14. The first kappa shape index (κ1) is 17.3. The third-order valence-corrected chi connectivity index (χ3v) is 3.46. The molecule has 1 aromatic rings. The topological polar surface area (TPSA) is 51.7 Å². The molecule has 1 aliphatic heterocycles. The minimum Gasteiger partial charge on any atom is -0.444 e. The minimum absolute atomic E-state index is 0.114. The lowest BCUT2D eigenvalue weighted by atomic mass is 10.1. The number of aromatic nitrogens is 1. The zero-order valence-electron chi connectivity index (χ0n) is 13.1. The van der Waals surface area contributed by atoms with Crippen molar-refractivity contribution >= 4 is 29.3 Å². The summed E-state index contributed by atoms with van der Waals surface area (Å²) in [5.41, 5.74) is 0.266. The average molecular weight is 347 g/mol. The van der Waals surface area contributed by atoms with Crippen LogP contribution in [0.5, 0.6) is 0 Å². The lowest BCUT2D eigenvalue weighted by Crippen LogP contribution is -2.47. The molecule has 0 saturated carbocycles. The summed E-state index contributed by atoms with van der Waals surface area (Å²) >= 11 is 11.9. The van der Waals surface area contributed by atoms with Crippen molar-refractivity contribution in [2.45, 2.75) is 45.5 Å². The monoisotopic (exact) mass is 346 g/mol. The van der Waals surface area contributed by atoms with Gasteiger partial charge in [-0.05, 0) is 45.4 Å². The summed E-state index contributed by atoms with van der Waals surface area (Å²) in [5.74, 6) is 0. The standard InChI is InChI=1S/C15H20Cl2N2O3/c1-9-7-19(14(20)22-15(2,3)4)8-11(21-9)10-5-12(16)18-13(17)6-10/h5-6,9,11H,7-8H2,1-4H3/t9-,11+/m0/s1. The van der Waals surface area contributed by atoms with Crippen molar-refractivity contribution in [3.8, 4) is 0 Å². The van der Waals surface area contributed by atoms with Gasteiger partial charge in [-0.2, -0.15) is 0 Å². The summed E-state index contributed by atoms with van der Waals surface area (Å²) in [7, 11) is 0. The SMILES string of the molecule is C[C@H]1CN(C(=O)OC(C)(C)C)C[C@H](c2cc(Cl)nc(Cl)c2)O1. The van der Waals surface area contributed by atoms with Gasteiger partial charge >= 0.3 is 6.09 Å². The second kappa shape index (κ2) is 6.60. The zero-order valence-corrected chi connectivity index (χ0v) is 14.6. The van der Waals surface area contributed by atoms with Crippen LogP contribution in [0.1, 0.15) is 39.4 Å². The van der Waals surface area contributed by atoms with E-state index in [-0.39, 0.29) is 18.3 Å². The van der Waals surface area contributed by atoms with Crippen LogP contribution >= 0.6 is 23.2 Å². The number of carbonyl (C=O) groups excluding carboxylic acids is 1. The maximum Gasteiger partial charge on any atom is 0.410 e. The van der Waals surface area contributed by atoms with Crippen LogP contribution in [0.4, 0.5) is 4.79 Å². The highest BCUT2D eigenvalue weighted by Crippen LogP contribution is 2.29. The van der Waals surface area contributed by atoms with Crippen LogP contribution in [0, 0.1) is 0 Å². The molecule has 5 nitrogen and oxygen atoms in total. The van der Waals surface area contributed by atoms with Gasteiger partial charge in [0.05, 0.1) is 19.2 Å². The van der Waals surface area contributed by atoms with Crippen LogP contribution in [0.25, 0.3) is 0 Å². The largest absolute Gasteiger partial charge is 0.444 e. The Morgan fingerprint density at radius 2 is 1.91 bits per heavy atom. The van der Waals surface area contributed by atoms with Gasteiger partial charge < -0.3 is 14.4 Å². The van der Waals surface area contributed by atoms with Gasteiger partial charge in [-0.1, -0.05) is 23.2 Å². The van der Waals surface area contributed by atoms with Crippen molar-refractivity contribution in [3.05, 3.63) is 28.0 Å². The fraction of sp³-hybridized carbons (Fsp3) is 0.600. The summed E-state index contributed by atoms with van der Waals surface area (Å²) < 4.78 is 11.3.